The third kappa shape index (κ3) is 2.00. The van der Waals surface area contributed by atoms with Crippen LogP contribution in [0.4, 0.5) is 5.69 Å². The molecule has 0 fully saturated rings. The Balaban J connectivity index is 1.71. The fourth-order valence-electron chi connectivity index (χ4n) is 2.95. The number of fused-ring (bicyclic) bond motifs is 2. The first kappa shape index (κ1) is 12.2. The summed E-state index contributed by atoms with van der Waals surface area (Å²) in [5.74, 6) is 0. The van der Waals surface area contributed by atoms with E-state index in [0.717, 1.165) is 33.8 Å². The zero-order chi connectivity index (χ0) is 13.5. The van der Waals surface area contributed by atoms with Gasteiger partial charge < -0.3 is 5.32 Å². The molecule has 0 aliphatic heterocycles. The molecule has 0 bridgehead atoms. The number of nitrogens with zero attached hydrogens (tertiary/aromatic N) is 1. The summed E-state index contributed by atoms with van der Waals surface area (Å²) in [5, 5.41) is 12.0. The van der Waals surface area contributed by atoms with Gasteiger partial charge in [0.15, 0.2) is 0 Å². The fourth-order valence-corrected chi connectivity index (χ4v) is 4.33. The average Bonchev–Trinajstić information content (AvgIpc) is 3.05. The zero-order valence-corrected chi connectivity index (χ0v) is 12.4. The molecule has 4 rings (SSSR count). The lowest BCUT2D eigenvalue weighted by molar-refractivity contribution is 0.609. The Morgan fingerprint density at radius 1 is 1.40 bits per heavy atom. The minimum absolute atomic E-state index is 0.344. The highest BCUT2D eigenvalue weighted by Crippen LogP contribution is 2.40. The van der Waals surface area contributed by atoms with Crippen LogP contribution in [0.3, 0.4) is 0 Å². The van der Waals surface area contributed by atoms with E-state index in [1.165, 1.54) is 16.9 Å². The van der Waals surface area contributed by atoms with Crippen molar-refractivity contribution in [1.82, 2.24) is 10.2 Å². The van der Waals surface area contributed by atoms with Gasteiger partial charge in [0.05, 0.1) is 27.8 Å². The van der Waals surface area contributed by atoms with E-state index in [-0.39, 0.29) is 0 Å². The predicted octanol–water partition coefficient (Wildman–Crippen LogP) is 4.77. The maximum atomic E-state index is 6.17. The van der Waals surface area contributed by atoms with Crippen LogP contribution in [0.2, 0.25) is 4.34 Å². The largest absolute Gasteiger partial charge is 0.376 e. The summed E-state index contributed by atoms with van der Waals surface area (Å²) in [5.41, 5.74) is 3.55. The molecule has 1 unspecified atom stereocenters. The SMILES string of the molecule is Clc1cc2c(s1)CCCC2Nc1cccc2cn[nH]c12. The number of hydrogen-bond acceptors (Lipinski definition) is 3. The van der Waals surface area contributed by atoms with Gasteiger partial charge in [-0.15, -0.1) is 11.3 Å². The molecule has 0 spiro atoms. The van der Waals surface area contributed by atoms with E-state index in [0.29, 0.717) is 6.04 Å². The van der Waals surface area contributed by atoms with Crippen LogP contribution in [-0.4, -0.2) is 10.2 Å². The first-order valence-corrected chi connectivity index (χ1v) is 7.97. The van der Waals surface area contributed by atoms with Crippen LogP contribution in [0.15, 0.2) is 30.5 Å². The Morgan fingerprint density at radius 2 is 2.35 bits per heavy atom. The molecule has 1 aliphatic rings. The summed E-state index contributed by atoms with van der Waals surface area (Å²) in [6.45, 7) is 0. The molecule has 2 aromatic heterocycles. The van der Waals surface area contributed by atoms with Gasteiger partial charge in [-0.1, -0.05) is 23.7 Å². The zero-order valence-electron chi connectivity index (χ0n) is 10.8. The molecular formula is C15H14ClN3S. The molecule has 0 amide bonds. The molecule has 1 aromatic carbocycles. The standard InChI is InChI=1S/C15H14ClN3S/c16-14-7-10-11(4-2-6-13(10)20-14)18-12-5-1-3-9-8-17-19-15(9)12/h1,3,5,7-8,11,18H,2,4,6H2,(H,17,19). The number of aromatic amines is 1. The summed E-state index contributed by atoms with van der Waals surface area (Å²) in [4.78, 5) is 1.43. The number of nitrogens with one attached hydrogen (secondary N) is 2. The van der Waals surface area contributed by atoms with Gasteiger partial charge in [0.1, 0.15) is 0 Å². The van der Waals surface area contributed by atoms with Crippen LogP contribution >= 0.6 is 22.9 Å². The molecule has 0 saturated heterocycles. The van der Waals surface area contributed by atoms with Crippen molar-refractivity contribution in [2.24, 2.45) is 0 Å². The molecule has 2 N–H and O–H groups in total. The van der Waals surface area contributed by atoms with Crippen molar-refractivity contribution in [2.45, 2.75) is 25.3 Å². The topological polar surface area (TPSA) is 40.7 Å². The van der Waals surface area contributed by atoms with Crippen molar-refractivity contribution in [3.8, 4) is 0 Å². The summed E-state index contributed by atoms with van der Waals surface area (Å²) >= 11 is 7.89. The summed E-state index contributed by atoms with van der Waals surface area (Å²) in [6.07, 6.45) is 5.36. The second-order valence-corrected chi connectivity index (χ2v) is 6.93. The quantitative estimate of drug-likeness (QED) is 0.716. The third-order valence-corrected chi connectivity index (χ3v) is 5.23. The second-order valence-electron chi connectivity index (χ2n) is 5.16. The van der Waals surface area contributed by atoms with E-state index in [1.807, 2.05) is 6.20 Å². The van der Waals surface area contributed by atoms with Gasteiger partial charge in [-0.25, -0.2) is 0 Å². The Hall–Kier alpha value is -1.52. The van der Waals surface area contributed by atoms with Crippen molar-refractivity contribution < 1.29 is 0 Å². The number of halogens is 1. The van der Waals surface area contributed by atoms with Crippen LogP contribution in [0.5, 0.6) is 0 Å². The van der Waals surface area contributed by atoms with E-state index in [9.17, 15) is 0 Å². The maximum Gasteiger partial charge on any atom is 0.0934 e. The van der Waals surface area contributed by atoms with Gasteiger partial charge in [-0.3, -0.25) is 5.10 Å². The van der Waals surface area contributed by atoms with Crippen molar-refractivity contribution in [3.63, 3.8) is 0 Å². The molecule has 3 nitrogen and oxygen atoms in total. The minimum Gasteiger partial charge on any atom is -0.376 e. The number of thiophene rings is 1. The van der Waals surface area contributed by atoms with Gasteiger partial charge >= 0.3 is 0 Å². The first-order chi connectivity index (χ1) is 9.81. The average molecular weight is 304 g/mol. The number of aromatic nitrogens is 2. The lowest BCUT2D eigenvalue weighted by Crippen LogP contribution is -2.15. The molecule has 1 atom stereocenters. The predicted molar refractivity (Wildman–Crippen MR) is 84.7 cm³/mol. The van der Waals surface area contributed by atoms with E-state index >= 15 is 0 Å². The Bertz CT molecular complexity index is 761. The highest BCUT2D eigenvalue weighted by molar-refractivity contribution is 7.16. The van der Waals surface area contributed by atoms with Crippen LogP contribution < -0.4 is 5.32 Å². The van der Waals surface area contributed by atoms with E-state index in [2.05, 4.69) is 39.8 Å². The molecule has 1 aliphatic carbocycles. The lowest BCUT2D eigenvalue weighted by Gasteiger charge is -2.24. The summed E-state index contributed by atoms with van der Waals surface area (Å²) in [6, 6.07) is 8.69. The molecular weight excluding hydrogens is 290 g/mol. The lowest BCUT2D eigenvalue weighted by atomic mass is 9.94. The Kier molecular flexibility index (Phi) is 2.93. The third-order valence-electron chi connectivity index (χ3n) is 3.89. The molecule has 0 radical (unpaired) electrons. The van der Waals surface area contributed by atoms with Crippen molar-refractivity contribution in [2.75, 3.05) is 5.32 Å². The van der Waals surface area contributed by atoms with Crippen LogP contribution in [0.1, 0.15) is 29.3 Å². The Labute approximate surface area is 126 Å². The van der Waals surface area contributed by atoms with Crippen LogP contribution in [-0.2, 0) is 6.42 Å². The molecule has 0 saturated carbocycles. The number of benzene rings is 1. The number of H-pyrrole nitrogens is 1. The van der Waals surface area contributed by atoms with Crippen molar-refractivity contribution in [1.29, 1.82) is 0 Å². The normalized spacial score (nSPS) is 18.1. The molecule has 20 heavy (non-hydrogen) atoms. The van der Waals surface area contributed by atoms with Crippen molar-refractivity contribution in [3.05, 3.63) is 45.2 Å². The molecule has 102 valence electrons. The van der Waals surface area contributed by atoms with Gasteiger partial charge in [0.2, 0.25) is 0 Å². The summed E-state index contributed by atoms with van der Waals surface area (Å²) in [7, 11) is 0. The first-order valence-electron chi connectivity index (χ1n) is 6.78. The smallest absolute Gasteiger partial charge is 0.0934 e. The van der Waals surface area contributed by atoms with Crippen LogP contribution in [0.25, 0.3) is 10.9 Å². The van der Waals surface area contributed by atoms with Gasteiger partial charge in [-0.2, -0.15) is 5.10 Å². The van der Waals surface area contributed by atoms with Gasteiger partial charge in [0.25, 0.3) is 0 Å². The number of aryl methyl sites for hydroxylation is 1. The monoisotopic (exact) mass is 303 g/mol. The highest BCUT2D eigenvalue weighted by Gasteiger charge is 2.23. The molecule has 3 aromatic rings. The second kappa shape index (κ2) is 4.79. The fraction of sp³-hybridized carbons (Fsp3) is 0.267. The summed E-state index contributed by atoms with van der Waals surface area (Å²) < 4.78 is 0.892. The number of para-hydroxylation sites is 1. The van der Waals surface area contributed by atoms with Crippen LogP contribution in [0, 0.1) is 0 Å². The van der Waals surface area contributed by atoms with E-state index < -0.39 is 0 Å². The molecule has 5 heteroatoms. The Morgan fingerprint density at radius 3 is 3.30 bits per heavy atom. The van der Waals surface area contributed by atoms with Gasteiger partial charge in [0, 0.05) is 10.3 Å². The van der Waals surface area contributed by atoms with Gasteiger partial charge in [-0.05, 0) is 37.0 Å². The number of rotatable bonds is 2. The highest BCUT2D eigenvalue weighted by atomic mass is 35.5. The molecule has 2 heterocycles. The maximum absolute atomic E-state index is 6.17. The minimum atomic E-state index is 0.344. The van der Waals surface area contributed by atoms with E-state index in [1.54, 1.807) is 11.3 Å². The van der Waals surface area contributed by atoms with Crippen molar-refractivity contribution >= 4 is 39.5 Å². The number of hydrogen-bond donors (Lipinski definition) is 2. The van der Waals surface area contributed by atoms with E-state index in [4.69, 9.17) is 11.6 Å². The number of anilines is 1.